The minimum Gasteiger partial charge on any atom is -0.339 e. The molecule has 20 heavy (non-hydrogen) atoms. The van der Waals surface area contributed by atoms with E-state index in [0.717, 1.165) is 22.4 Å². The van der Waals surface area contributed by atoms with Gasteiger partial charge in [0, 0.05) is 11.1 Å². The van der Waals surface area contributed by atoms with Gasteiger partial charge in [0.15, 0.2) is 0 Å². The predicted molar refractivity (Wildman–Crippen MR) is 81.9 cm³/mol. The highest BCUT2D eigenvalue weighted by atomic mass is 15.0. The molecule has 0 radical (unpaired) electrons. The maximum atomic E-state index is 5.68. The van der Waals surface area contributed by atoms with Crippen molar-refractivity contribution in [2.45, 2.75) is 13.5 Å². The number of hydrogen-bond acceptors (Lipinski definition) is 4. The summed E-state index contributed by atoms with van der Waals surface area (Å²) in [6, 6.07) is 16.1. The molecule has 0 aliphatic heterocycles. The third kappa shape index (κ3) is 2.33. The van der Waals surface area contributed by atoms with Crippen molar-refractivity contribution < 1.29 is 0 Å². The van der Waals surface area contributed by atoms with Crippen LogP contribution in [0.2, 0.25) is 0 Å². The van der Waals surface area contributed by atoms with Gasteiger partial charge in [0.25, 0.3) is 0 Å². The fraction of sp³-hybridized carbons (Fsp3) is 0.125. The molecule has 3 aromatic rings. The second kappa shape index (κ2) is 5.27. The van der Waals surface area contributed by atoms with E-state index in [2.05, 4.69) is 28.3 Å². The summed E-state index contributed by atoms with van der Waals surface area (Å²) in [5.74, 6) is 1.44. The molecule has 0 saturated carbocycles. The fourth-order valence-corrected chi connectivity index (χ4v) is 2.15. The number of nitrogens with one attached hydrogen (secondary N) is 1. The lowest BCUT2D eigenvalue weighted by Gasteiger charge is -2.12. The van der Waals surface area contributed by atoms with Gasteiger partial charge in [-0.1, -0.05) is 30.3 Å². The standard InChI is InChI=1S/C16H16N4/c1-11-6-2-4-8-13(11)19-16-12-7-3-5-9-14(12)18-15(10-17)20-16/h2-9H,10,17H2,1H3,(H,18,19,20). The van der Waals surface area contributed by atoms with Gasteiger partial charge in [0.1, 0.15) is 11.6 Å². The first kappa shape index (κ1) is 12.6. The van der Waals surface area contributed by atoms with E-state index in [0.29, 0.717) is 12.4 Å². The van der Waals surface area contributed by atoms with E-state index in [1.165, 1.54) is 5.56 Å². The minimum atomic E-state index is 0.327. The van der Waals surface area contributed by atoms with Crippen molar-refractivity contribution in [2.75, 3.05) is 5.32 Å². The molecule has 0 bridgehead atoms. The highest BCUT2D eigenvalue weighted by Gasteiger charge is 2.07. The van der Waals surface area contributed by atoms with Crippen molar-refractivity contribution in [3.8, 4) is 0 Å². The molecule has 100 valence electrons. The molecule has 0 amide bonds. The lowest BCUT2D eigenvalue weighted by molar-refractivity contribution is 0.929. The van der Waals surface area contributed by atoms with Gasteiger partial charge < -0.3 is 11.1 Å². The maximum Gasteiger partial charge on any atom is 0.144 e. The second-order valence-electron chi connectivity index (χ2n) is 4.65. The van der Waals surface area contributed by atoms with Crippen LogP contribution in [-0.4, -0.2) is 9.97 Å². The van der Waals surface area contributed by atoms with Crippen LogP contribution in [-0.2, 0) is 6.54 Å². The van der Waals surface area contributed by atoms with Crippen molar-refractivity contribution in [3.63, 3.8) is 0 Å². The molecule has 0 unspecified atom stereocenters. The molecule has 1 aromatic heterocycles. The third-order valence-electron chi connectivity index (χ3n) is 3.23. The van der Waals surface area contributed by atoms with Gasteiger partial charge in [0.2, 0.25) is 0 Å². The van der Waals surface area contributed by atoms with Crippen LogP contribution in [0.15, 0.2) is 48.5 Å². The van der Waals surface area contributed by atoms with Crippen molar-refractivity contribution in [1.29, 1.82) is 0 Å². The Morgan fingerprint density at radius 3 is 2.55 bits per heavy atom. The molecule has 0 saturated heterocycles. The van der Waals surface area contributed by atoms with Crippen molar-refractivity contribution in [1.82, 2.24) is 9.97 Å². The first-order chi connectivity index (χ1) is 9.78. The molecular formula is C16H16N4. The maximum absolute atomic E-state index is 5.68. The number of rotatable bonds is 3. The lowest BCUT2D eigenvalue weighted by Crippen LogP contribution is -2.06. The summed E-state index contributed by atoms with van der Waals surface area (Å²) in [6.07, 6.45) is 0. The molecule has 0 aliphatic carbocycles. The molecule has 3 rings (SSSR count). The number of aromatic nitrogens is 2. The summed E-state index contributed by atoms with van der Waals surface area (Å²) in [5, 5.41) is 4.38. The molecule has 4 nitrogen and oxygen atoms in total. The van der Waals surface area contributed by atoms with Crippen LogP contribution in [0.4, 0.5) is 11.5 Å². The normalized spacial score (nSPS) is 10.7. The Balaban J connectivity index is 2.13. The summed E-state index contributed by atoms with van der Waals surface area (Å²) in [6.45, 7) is 2.39. The van der Waals surface area contributed by atoms with E-state index < -0.39 is 0 Å². The largest absolute Gasteiger partial charge is 0.339 e. The average Bonchev–Trinajstić information content (AvgIpc) is 2.49. The SMILES string of the molecule is Cc1ccccc1Nc1nc(CN)nc2ccccc12. The zero-order valence-electron chi connectivity index (χ0n) is 11.3. The minimum absolute atomic E-state index is 0.327. The Labute approximate surface area is 117 Å². The summed E-state index contributed by atoms with van der Waals surface area (Å²) < 4.78 is 0. The van der Waals surface area contributed by atoms with E-state index in [4.69, 9.17) is 5.73 Å². The number of para-hydroxylation sites is 2. The molecule has 4 heteroatoms. The van der Waals surface area contributed by atoms with Crippen LogP contribution in [0.3, 0.4) is 0 Å². The molecule has 0 aliphatic rings. The number of aryl methyl sites for hydroxylation is 1. The Hall–Kier alpha value is -2.46. The van der Waals surface area contributed by atoms with Gasteiger partial charge in [-0.25, -0.2) is 9.97 Å². The number of benzene rings is 2. The monoisotopic (exact) mass is 264 g/mol. The summed E-state index contributed by atoms with van der Waals surface area (Å²) in [5.41, 5.74) is 8.79. The van der Waals surface area contributed by atoms with Gasteiger partial charge in [0.05, 0.1) is 12.1 Å². The van der Waals surface area contributed by atoms with Gasteiger partial charge in [-0.2, -0.15) is 0 Å². The number of nitrogens with zero attached hydrogens (tertiary/aromatic N) is 2. The van der Waals surface area contributed by atoms with Gasteiger partial charge in [-0.15, -0.1) is 0 Å². The van der Waals surface area contributed by atoms with Crippen molar-refractivity contribution in [3.05, 3.63) is 59.9 Å². The summed E-state index contributed by atoms with van der Waals surface area (Å²) in [7, 11) is 0. The molecule has 3 N–H and O–H groups in total. The van der Waals surface area contributed by atoms with Gasteiger partial charge >= 0.3 is 0 Å². The number of fused-ring (bicyclic) bond motifs is 1. The number of nitrogens with two attached hydrogens (primary N) is 1. The summed E-state index contributed by atoms with van der Waals surface area (Å²) >= 11 is 0. The molecule has 2 aromatic carbocycles. The highest BCUT2D eigenvalue weighted by Crippen LogP contribution is 2.25. The molecular weight excluding hydrogens is 248 g/mol. The van der Waals surface area contributed by atoms with Gasteiger partial charge in [-0.05, 0) is 30.7 Å². The summed E-state index contributed by atoms with van der Waals surface area (Å²) in [4.78, 5) is 8.95. The molecule has 0 fully saturated rings. The van der Waals surface area contributed by atoms with E-state index in [1.807, 2.05) is 42.5 Å². The molecule has 0 spiro atoms. The van der Waals surface area contributed by atoms with Crippen LogP contribution in [0.1, 0.15) is 11.4 Å². The number of hydrogen-bond donors (Lipinski definition) is 2. The van der Waals surface area contributed by atoms with Crippen LogP contribution in [0, 0.1) is 6.92 Å². The van der Waals surface area contributed by atoms with E-state index in [1.54, 1.807) is 0 Å². The van der Waals surface area contributed by atoms with Gasteiger partial charge in [-0.3, -0.25) is 0 Å². The first-order valence-electron chi connectivity index (χ1n) is 6.56. The van der Waals surface area contributed by atoms with Crippen LogP contribution in [0.25, 0.3) is 10.9 Å². The first-order valence-corrected chi connectivity index (χ1v) is 6.56. The van der Waals surface area contributed by atoms with Crippen LogP contribution in [0.5, 0.6) is 0 Å². The van der Waals surface area contributed by atoms with Crippen LogP contribution >= 0.6 is 0 Å². The predicted octanol–water partition coefficient (Wildman–Crippen LogP) is 3.14. The van der Waals surface area contributed by atoms with E-state index >= 15 is 0 Å². The zero-order chi connectivity index (χ0) is 13.9. The highest BCUT2D eigenvalue weighted by molar-refractivity contribution is 5.91. The van der Waals surface area contributed by atoms with Crippen LogP contribution < -0.4 is 11.1 Å². The smallest absolute Gasteiger partial charge is 0.144 e. The topological polar surface area (TPSA) is 63.8 Å². The number of anilines is 2. The average molecular weight is 264 g/mol. The Morgan fingerprint density at radius 2 is 1.75 bits per heavy atom. The van der Waals surface area contributed by atoms with E-state index in [9.17, 15) is 0 Å². The lowest BCUT2D eigenvalue weighted by atomic mass is 10.2. The van der Waals surface area contributed by atoms with Crippen molar-refractivity contribution >= 4 is 22.4 Å². The zero-order valence-corrected chi connectivity index (χ0v) is 11.3. The third-order valence-corrected chi connectivity index (χ3v) is 3.23. The Bertz CT molecular complexity index is 752. The molecule has 0 atom stereocenters. The molecule has 1 heterocycles. The van der Waals surface area contributed by atoms with E-state index in [-0.39, 0.29) is 0 Å². The second-order valence-corrected chi connectivity index (χ2v) is 4.65. The fourth-order valence-electron chi connectivity index (χ4n) is 2.15. The quantitative estimate of drug-likeness (QED) is 0.762. The van der Waals surface area contributed by atoms with Crippen molar-refractivity contribution in [2.24, 2.45) is 5.73 Å². The Kier molecular flexibility index (Phi) is 3.31. The Morgan fingerprint density at radius 1 is 1.00 bits per heavy atom.